The van der Waals surface area contributed by atoms with Crippen molar-refractivity contribution in [1.29, 1.82) is 0 Å². The Morgan fingerprint density at radius 2 is 2.14 bits per heavy atom. The van der Waals surface area contributed by atoms with Gasteiger partial charge in [0, 0.05) is 36.7 Å². The molecule has 8 nitrogen and oxygen atoms in total. The van der Waals surface area contributed by atoms with Crippen LogP contribution in [-0.4, -0.2) is 45.1 Å². The van der Waals surface area contributed by atoms with Gasteiger partial charge in [0.2, 0.25) is 0 Å². The lowest BCUT2D eigenvalue weighted by Crippen LogP contribution is -2.43. The number of likely N-dealkylation sites (tertiary alicyclic amines) is 1. The van der Waals surface area contributed by atoms with E-state index in [1.54, 1.807) is 11.0 Å². The minimum absolute atomic E-state index is 0.0568. The van der Waals surface area contributed by atoms with Crippen LogP contribution in [0, 0.1) is 10.1 Å². The highest BCUT2D eigenvalue weighted by Gasteiger charge is 2.25. The first-order valence-electron chi connectivity index (χ1n) is 6.73. The normalized spacial score (nSPS) is 16.3. The molecule has 1 aliphatic heterocycles. The zero-order chi connectivity index (χ0) is 15.0. The molecule has 8 heteroatoms. The number of hydrogen-bond acceptors (Lipinski definition) is 5. The topological polar surface area (TPSA) is 118 Å². The molecule has 2 heterocycles. The molecule has 1 aliphatic rings. The molecule has 0 aliphatic carbocycles. The molecule has 0 unspecified atom stereocenters. The maximum Gasteiger partial charge on any atom is 0.274 e. The van der Waals surface area contributed by atoms with E-state index in [-0.39, 0.29) is 23.3 Å². The van der Waals surface area contributed by atoms with E-state index in [1.807, 2.05) is 0 Å². The zero-order valence-electron chi connectivity index (χ0n) is 11.3. The number of nitrogens with two attached hydrogens (primary N) is 1. The molecule has 1 amide bonds. The Hall–Kier alpha value is -2.48. The number of H-pyrrole nitrogens is 1. The minimum atomic E-state index is -0.486. The highest BCUT2D eigenvalue weighted by molar-refractivity contribution is 6.05. The molecule has 0 saturated carbocycles. The molecule has 1 aromatic carbocycles. The summed E-state index contributed by atoms with van der Waals surface area (Å²) in [5.41, 5.74) is 6.60. The third-order valence-corrected chi connectivity index (χ3v) is 3.79. The van der Waals surface area contributed by atoms with E-state index in [4.69, 9.17) is 5.73 Å². The quantitative estimate of drug-likeness (QED) is 0.632. The van der Waals surface area contributed by atoms with Gasteiger partial charge in [0.05, 0.1) is 10.4 Å². The van der Waals surface area contributed by atoms with Gasteiger partial charge in [0.15, 0.2) is 5.69 Å². The van der Waals surface area contributed by atoms with Gasteiger partial charge < -0.3 is 10.6 Å². The van der Waals surface area contributed by atoms with E-state index in [2.05, 4.69) is 10.2 Å². The number of amides is 1. The molecule has 0 radical (unpaired) electrons. The number of carbonyl (C=O) groups excluding carboxylic acids is 1. The van der Waals surface area contributed by atoms with Gasteiger partial charge in [-0.3, -0.25) is 20.0 Å². The van der Waals surface area contributed by atoms with Crippen molar-refractivity contribution >= 4 is 22.5 Å². The molecule has 110 valence electrons. The maximum absolute atomic E-state index is 12.5. The molecule has 2 aromatic rings. The van der Waals surface area contributed by atoms with Gasteiger partial charge in [-0.15, -0.1) is 0 Å². The van der Waals surface area contributed by atoms with Gasteiger partial charge in [-0.2, -0.15) is 5.10 Å². The SMILES string of the molecule is NC1CCN(C(=O)c2n[nH]c3ccc([N+](=O)[O-])cc23)CC1. The lowest BCUT2D eigenvalue weighted by molar-refractivity contribution is -0.384. The van der Waals surface area contributed by atoms with Gasteiger partial charge in [0.25, 0.3) is 11.6 Å². The standard InChI is InChI=1S/C13H15N5O3/c14-8-3-5-17(6-4-8)13(19)12-10-7-9(18(20)21)1-2-11(10)15-16-12/h1-2,7-8H,3-6,14H2,(H,15,16). The van der Waals surface area contributed by atoms with E-state index in [1.165, 1.54) is 12.1 Å². The van der Waals surface area contributed by atoms with Crippen LogP contribution in [0.4, 0.5) is 5.69 Å². The number of hydrogen-bond donors (Lipinski definition) is 2. The first kappa shape index (κ1) is 13.5. The molecule has 3 N–H and O–H groups in total. The van der Waals surface area contributed by atoms with Crippen molar-refractivity contribution < 1.29 is 9.72 Å². The van der Waals surface area contributed by atoms with E-state index in [0.717, 1.165) is 12.8 Å². The number of benzene rings is 1. The van der Waals surface area contributed by atoms with Crippen molar-refractivity contribution in [2.75, 3.05) is 13.1 Å². The molecule has 1 saturated heterocycles. The molecule has 0 atom stereocenters. The Morgan fingerprint density at radius 3 is 2.81 bits per heavy atom. The Balaban J connectivity index is 1.94. The maximum atomic E-state index is 12.5. The molecule has 1 aromatic heterocycles. The third kappa shape index (κ3) is 2.45. The lowest BCUT2D eigenvalue weighted by atomic mass is 10.1. The molecule has 0 bridgehead atoms. The summed E-state index contributed by atoms with van der Waals surface area (Å²) in [6, 6.07) is 4.45. The number of non-ortho nitro benzene ring substituents is 1. The fourth-order valence-corrected chi connectivity index (χ4v) is 2.53. The van der Waals surface area contributed by atoms with Crippen LogP contribution in [-0.2, 0) is 0 Å². The number of carbonyl (C=O) groups is 1. The Bertz CT molecular complexity index is 703. The van der Waals surface area contributed by atoms with Crippen LogP contribution in [0.1, 0.15) is 23.3 Å². The smallest absolute Gasteiger partial charge is 0.274 e. The van der Waals surface area contributed by atoms with E-state index in [9.17, 15) is 14.9 Å². The van der Waals surface area contributed by atoms with Crippen LogP contribution < -0.4 is 5.73 Å². The molecule has 21 heavy (non-hydrogen) atoms. The summed E-state index contributed by atoms with van der Waals surface area (Å²) in [4.78, 5) is 24.6. The predicted octanol–water partition coefficient (Wildman–Crippen LogP) is 1.03. The van der Waals surface area contributed by atoms with Crippen molar-refractivity contribution in [2.24, 2.45) is 5.73 Å². The van der Waals surface area contributed by atoms with E-state index in [0.29, 0.717) is 24.0 Å². The van der Waals surface area contributed by atoms with Crippen LogP contribution in [0.5, 0.6) is 0 Å². The molecule has 3 rings (SSSR count). The zero-order valence-corrected chi connectivity index (χ0v) is 11.3. The average Bonchev–Trinajstić information content (AvgIpc) is 2.90. The summed E-state index contributed by atoms with van der Waals surface area (Å²) in [5, 5.41) is 18.1. The van der Waals surface area contributed by atoms with Crippen LogP contribution in [0.15, 0.2) is 18.2 Å². The number of nitrogens with one attached hydrogen (secondary N) is 1. The van der Waals surface area contributed by atoms with Gasteiger partial charge in [-0.05, 0) is 18.9 Å². The predicted molar refractivity (Wildman–Crippen MR) is 75.9 cm³/mol. The summed E-state index contributed by atoms with van der Waals surface area (Å²) in [5.74, 6) is -0.214. The van der Waals surface area contributed by atoms with Gasteiger partial charge in [-0.1, -0.05) is 0 Å². The Kier molecular flexibility index (Phi) is 3.30. The second-order valence-electron chi connectivity index (χ2n) is 5.19. The Morgan fingerprint density at radius 1 is 1.43 bits per heavy atom. The van der Waals surface area contributed by atoms with Crippen molar-refractivity contribution in [3.05, 3.63) is 34.0 Å². The number of rotatable bonds is 2. The number of nitro benzene ring substituents is 1. The number of nitrogens with zero attached hydrogens (tertiary/aromatic N) is 3. The fourth-order valence-electron chi connectivity index (χ4n) is 2.53. The Labute approximate surface area is 120 Å². The summed E-state index contributed by atoms with van der Waals surface area (Å²) in [6.45, 7) is 1.17. The van der Waals surface area contributed by atoms with Crippen molar-refractivity contribution in [3.8, 4) is 0 Å². The largest absolute Gasteiger partial charge is 0.337 e. The van der Waals surface area contributed by atoms with Crippen molar-refractivity contribution in [1.82, 2.24) is 15.1 Å². The monoisotopic (exact) mass is 289 g/mol. The second-order valence-corrected chi connectivity index (χ2v) is 5.19. The number of fused-ring (bicyclic) bond motifs is 1. The number of aromatic amines is 1. The average molecular weight is 289 g/mol. The summed E-state index contributed by atoms with van der Waals surface area (Å²) in [6.07, 6.45) is 1.52. The minimum Gasteiger partial charge on any atom is -0.337 e. The fraction of sp³-hybridized carbons (Fsp3) is 0.385. The van der Waals surface area contributed by atoms with Gasteiger partial charge in [0.1, 0.15) is 0 Å². The van der Waals surface area contributed by atoms with Crippen LogP contribution in [0.3, 0.4) is 0 Å². The van der Waals surface area contributed by atoms with Gasteiger partial charge >= 0.3 is 0 Å². The lowest BCUT2D eigenvalue weighted by Gasteiger charge is -2.29. The highest BCUT2D eigenvalue weighted by Crippen LogP contribution is 2.23. The summed E-state index contributed by atoms with van der Waals surface area (Å²) < 4.78 is 0. The molecular weight excluding hydrogens is 274 g/mol. The molecular formula is C13H15N5O3. The summed E-state index contributed by atoms with van der Waals surface area (Å²) in [7, 11) is 0. The molecule has 1 fully saturated rings. The highest BCUT2D eigenvalue weighted by atomic mass is 16.6. The van der Waals surface area contributed by atoms with Crippen LogP contribution in [0.2, 0.25) is 0 Å². The van der Waals surface area contributed by atoms with E-state index < -0.39 is 4.92 Å². The first-order valence-corrected chi connectivity index (χ1v) is 6.73. The molecule has 0 spiro atoms. The van der Waals surface area contributed by atoms with E-state index >= 15 is 0 Å². The second kappa shape index (κ2) is 5.13. The van der Waals surface area contributed by atoms with Gasteiger partial charge in [-0.25, -0.2) is 0 Å². The third-order valence-electron chi connectivity index (χ3n) is 3.79. The first-order chi connectivity index (χ1) is 10.1. The van der Waals surface area contributed by atoms with Crippen molar-refractivity contribution in [2.45, 2.75) is 18.9 Å². The van der Waals surface area contributed by atoms with Crippen molar-refractivity contribution in [3.63, 3.8) is 0 Å². The number of piperidine rings is 1. The number of aromatic nitrogens is 2. The van der Waals surface area contributed by atoms with Crippen LogP contribution >= 0.6 is 0 Å². The number of nitro groups is 1. The summed E-state index contributed by atoms with van der Waals surface area (Å²) >= 11 is 0. The van der Waals surface area contributed by atoms with Crippen LogP contribution in [0.25, 0.3) is 10.9 Å².